The Morgan fingerprint density at radius 3 is 2.25 bits per heavy atom. The van der Waals surface area contributed by atoms with Gasteiger partial charge in [-0.25, -0.2) is 0 Å². The molecule has 0 saturated heterocycles. The van der Waals surface area contributed by atoms with Crippen LogP contribution in [0, 0.1) is 0 Å². The van der Waals surface area contributed by atoms with Crippen molar-refractivity contribution in [2.24, 2.45) is 5.10 Å². The first-order chi connectivity index (χ1) is 9.92. The zero-order chi connectivity index (χ0) is 13.6. The predicted molar refractivity (Wildman–Crippen MR) is 81.8 cm³/mol. The van der Waals surface area contributed by atoms with Crippen LogP contribution in [0.1, 0.15) is 5.76 Å². The Bertz CT molecular complexity index is 687. The van der Waals surface area contributed by atoms with Gasteiger partial charge in [0.1, 0.15) is 11.5 Å². The number of nitrogens with zero attached hydrogens (tertiary/aromatic N) is 1. The van der Waals surface area contributed by atoms with Gasteiger partial charge in [-0.1, -0.05) is 48.5 Å². The van der Waals surface area contributed by atoms with E-state index in [9.17, 15) is 0 Å². The van der Waals surface area contributed by atoms with Crippen LogP contribution in [0.5, 0.6) is 0 Å². The lowest BCUT2D eigenvalue weighted by Crippen LogP contribution is -1.88. The number of rotatable bonds is 4. The topological polar surface area (TPSA) is 37.5 Å². The smallest absolute Gasteiger partial charge is 0.147 e. The van der Waals surface area contributed by atoms with Gasteiger partial charge in [-0.05, 0) is 24.3 Å². The predicted octanol–water partition coefficient (Wildman–Crippen LogP) is 4.39. The van der Waals surface area contributed by atoms with E-state index in [1.54, 1.807) is 6.21 Å². The molecule has 1 heterocycles. The van der Waals surface area contributed by atoms with Gasteiger partial charge in [0.2, 0.25) is 0 Å². The van der Waals surface area contributed by atoms with Crippen molar-refractivity contribution in [2.75, 3.05) is 5.43 Å². The van der Waals surface area contributed by atoms with E-state index in [0.717, 1.165) is 17.0 Å². The van der Waals surface area contributed by atoms with E-state index in [1.807, 2.05) is 72.8 Å². The third-order valence-electron chi connectivity index (χ3n) is 2.84. The molecule has 98 valence electrons. The number of hydrogen-bond donors (Lipinski definition) is 1. The molecule has 3 aromatic rings. The second-order valence-electron chi connectivity index (χ2n) is 4.30. The van der Waals surface area contributed by atoms with E-state index in [-0.39, 0.29) is 0 Å². The molecule has 0 atom stereocenters. The summed E-state index contributed by atoms with van der Waals surface area (Å²) < 4.78 is 5.72. The van der Waals surface area contributed by atoms with Crippen molar-refractivity contribution in [3.63, 3.8) is 0 Å². The molecule has 0 saturated carbocycles. The van der Waals surface area contributed by atoms with Crippen molar-refractivity contribution in [3.8, 4) is 11.3 Å². The van der Waals surface area contributed by atoms with Crippen molar-refractivity contribution >= 4 is 11.9 Å². The van der Waals surface area contributed by atoms with Crippen LogP contribution in [-0.2, 0) is 0 Å². The maximum Gasteiger partial charge on any atom is 0.147 e. The molecule has 0 unspecified atom stereocenters. The fourth-order valence-corrected chi connectivity index (χ4v) is 1.86. The average Bonchev–Trinajstić information content (AvgIpc) is 2.98. The largest absolute Gasteiger partial charge is 0.455 e. The average molecular weight is 262 g/mol. The van der Waals surface area contributed by atoms with Gasteiger partial charge in [0.05, 0.1) is 11.9 Å². The molecule has 0 aliphatic rings. The summed E-state index contributed by atoms with van der Waals surface area (Å²) >= 11 is 0. The quantitative estimate of drug-likeness (QED) is 0.559. The number of hydrazone groups is 1. The number of nitrogens with one attached hydrogen (secondary N) is 1. The Labute approximate surface area is 117 Å². The SMILES string of the molecule is C(=N/Nc1ccccc1)/c1ccc(-c2ccccc2)o1. The fraction of sp³-hybridized carbons (Fsp3) is 0. The summed E-state index contributed by atoms with van der Waals surface area (Å²) in [5.41, 5.74) is 4.95. The van der Waals surface area contributed by atoms with Gasteiger partial charge in [-0.2, -0.15) is 5.10 Å². The molecule has 0 fully saturated rings. The molecule has 0 aliphatic heterocycles. The van der Waals surface area contributed by atoms with Crippen molar-refractivity contribution in [1.29, 1.82) is 0 Å². The Balaban J connectivity index is 1.69. The minimum absolute atomic E-state index is 0.715. The van der Waals surface area contributed by atoms with Crippen LogP contribution in [0.3, 0.4) is 0 Å². The number of furan rings is 1. The Morgan fingerprint density at radius 1 is 0.800 bits per heavy atom. The molecule has 20 heavy (non-hydrogen) atoms. The Kier molecular flexibility index (Phi) is 3.60. The highest BCUT2D eigenvalue weighted by Crippen LogP contribution is 2.20. The van der Waals surface area contributed by atoms with E-state index >= 15 is 0 Å². The molecule has 0 spiro atoms. The summed E-state index contributed by atoms with van der Waals surface area (Å²) in [4.78, 5) is 0. The minimum atomic E-state index is 0.715. The van der Waals surface area contributed by atoms with Crippen LogP contribution in [0.4, 0.5) is 5.69 Å². The molecule has 3 heteroatoms. The zero-order valence-corrected chi connectivity index (χ0v) is 10.9. The molecular weight excluding hydrogens is 248 g/mol. The van der Waals surface area contributed by atoms with E-state index in [1.165, 1.54) is 0 Å². The van der Waals surface area contributed by atoms with E-state index in [4.69, 9.17) is 4.42 Å². The third kappa shape index (κ3) is 2.95. The monoisotopic (exact) mass is 262 g/mol. The molecule has 3 nitrogen and oxygen atoms in total. The maximum atomic E-state index is 5.72. The van der Waals surface area contributed by atoms with Gasteiger partial charge in [0, 0.05) is 5.56 Å². The number of hydrogen-bond acceptors (Lipinski definition) is 3. The van der Waals surface area contributed by atoms with Crippen LogP contribution in [0.15, 0.2) is 82.3 Å². The van der Waals surface area contributed by atoms with E-state index in [2.05, 4.69) is 10.5 Å². The Morgan fingerprint density at radius 2 is 1.50 bits per heavy atom. The molecule has 0 bridgehead atoms. The second kappa shape index (κ2) is 5.89. The van der Waals surface area contributed by atoms with Gasteiger partial charge in [-0.3, -0.25) is 5.43 Å². The standard InChI is InChI=1S/C17H14N2O/c1-3-7-14(8-4-1)17-12-11-16(20-17)13-18-19-15-9-5-2-6-10-15/h1-13,19H/b18-13-. The molecule has 0 aliphatic carbocycles. The summed E-state index contributed by atoms with van der Waals surface area (Å²) in [7, 11) is 0. The molecule has 0 radical (unpaired) electrons. The zero-order valence-electron chi connectivity index (χ0n) is 10.9. The van der Waals surface area contributed by atoms with Crippen molar-refractivity contribution in [1.82, 2.24) is 0 Å². The molecule has 1 aromatic heterocycles. The first-order valence-electron chi connectivity index (χ1n) is 6.41. The van der Waals surface area contributed by atoms with Gasteiger partial charge >= 0.3 is 0 Å². The van der Waals surface area contributed by atoms with Crippen molar-refractivity contribution < 1.29 is 4.42 Å². The number of benzene rings is 2. The first kappa shape index (κ1) is 12.2. The van der Waals surface area contributed by atoms with E-state index in [0.29, 0.717) is 5.76 Å². The van der Waals surface area contributed by atoms with Gasteiger partial charge < -0.3 is 4.42 Å². The summed E-state index contributed by atoms with van der Waals surface area (Å²) in [6.07, 6.45) is 1.67. The second-order valence-corrected chi connectivity index (χ2v) is 4.30. The van der Waals surface area contributed by atoms with Crippen LogP contribution >= 0.6 is 0 Å². The van der Waals surface area contributed by atoms with Gasteiger partial charge in [0.15, 0.2) is 0 Å². The summed E-state index contributed by atoms with van der Waals surface area (Å²) in [5.74, 6) is 1.55. The van der Waals surface area contributed by atoms with Crippen molar-refractivity contribution in [3.05, 3.63) is 78.6 Å². The molecule has 1 N–H and O–H groups in total. The highest BCUT2D eigenvalue weighted by molar-refractivity contribution is 5.78. The minimum Gasteiger partial charge on any atom is -0.455 e. The van der Waals surface area contributed by atoms with Crippen LogP contribution < -0.4 is 5.43 Å². The third-order valence-corrected chi connectivity index (χ3v) is 2.84. The molecule has 0 amide bonds. The fourth-order valence-electron chi connectivity index (χ4n) is 1.86. The van der Waals surface area contributed by atoms with E-state index < -0.39 is 0 Å². The molecular formula is C17H14N2O. The van der Waals surface area contributed by atoms with Gasteiger partial charge in [0.25, 0.3) is 0 Å². The lowest BCUT2D eigenvalue weighted by Gasteiger charge is -1.97. The van der Waals surface area contributed by atoms with Crippen molar-refractivity contribution in [2.45, 2.75) is 0 Å². The van der Waals surface area contributed by atoms with Crippen LogP contribution in [0.25, 0.3) is 11.3 Å². The van der Waals surface area contributed by atoms with Crippen LogP contribution in [-0.4, -0.2) is 6.21 Å². The lowest BCUT2D eigenvalue weighted by atomic mass is 10.2. The Hall–Kier alpha value is -2.81. The molecule has 2 aromatic carbocycles. The summed E-state index contributed by atoms with van der Waals surface area (Å²) in [6.45, 7) is 0. The van der Waals surface area contributed by atoms with Crippen LogP contribution in [0.2, 0.25) is 0 Å². The van der Waals surface area contributed by atoms with Gasteiger partial charge in [-0.15, -0.1) is 0 Å². The summed E-state index contributed by atoms with van der Waals surface area (Å²) in [6, 6.07) is 23.6. The number of para-hydroxylation sites is 1. The molecule has 3 rings (SSSR count). The highest BCUT2D eigenvalue weighted by atomic mass is 16.3. The maximum absolute atomic E-state index is 5.72. The summed E-state index contributed by atoms with van der Waals surface area (Å²) in [5, 5.41) is 4.15. The highest BCUT2D eigenvalue weighted by Gasteiger charge is 2.01. The number of anilines is 1. The first-order valence-corrected chi connectivity index (χ1v) is 6.41. The normalized spacial score (nSPS) is 10.8. The lowest BCUT2D eigenvalue weighted by molar-refractivity contribution is 0.575.